The molecule has 2 aromatic carbocycles. The highest BCUT2D eigenvalue weighted by atomic mass is 35.5. The molecule has 8 heteroatoms. The first-order chi connectivity index (χ1) is 13.4. The number of hydroxylamine groups is 2. The summed E-state index contributed by atoms with van der Waals surface area (Å²) < 4.78 is 0. The number of nitrogens with zero attached hydrogens (tertiary/aromatic N) is 3. The van der Waals surface area contributed by atoms with E-state index in [2.05, 4.69) is 9.97 Å². The maximum Gasteiger partial charge on any atom is 0.382 e. The van der Waals surface area contributed by atoms with Crippen LogP contribution in [-0.2, 0) is 4.84 Å². The fraction of sp³-hybridized carbons (Fsp3) is 0.0500. The number of hydrogen-bond acceptors (Lipinski definition) is 6. The first kappa shape index (κ1) is 17.8. The van der Waals surface area contributed by atoms with Crippen LogP contribution >= 0.6 is 11.6 Å². The standard InChI is InChI=1S/C20H12ClN3O4/c1-11-10-16(23-17(22-11)12-6-8-13(21)9-7-12)20(27)28-24-18(25)14-4-2-3-5-15(14)19(24)26/h2-10H,1H3. The van der Waals surface area contributed by atoms with Crippen LogP contribution in [-0.4, -0.2) is 32.8 Å². The second-order valence-corrected chi connectivity index (χ2v) is 6.49. The van der Waals surface area contributed by atoms with Crippen molar-refractivity contribution in [1.29, 1.82) is 0 Å². The first-order valence-electron chi connectivity index (χ1n) is 8.26. The van der Waals surface area contributed by atoms with Gasteiger partial charge in [0.1, 0.15) is 0 Å². The average Bonchev–Trinajstić information content (AvgIpc) is 2.93. The van der Waals surface area contributed by atoms with Gasteiger partial charge in [0.15, 0.2) is 11.5 Å². The first-order valence-corrected chi connectivity index (χ1v) is 8.63. The van der Waals surface area contributed by atoms with Gasteiger partial charge in [-0.2, -0.15) is 0 Å². The zero-order valence-electron chi connectivity index (χ0n) is 14.5. The number of carbonyl (C=O) groups is 3. The topological polar surface area (TPSA) is 89.5 Å². The fourth-order valence-electron chi connectivity index (χ4n) is 2.78. The molecule has 2 heterocycles. The van der Waals surface area contributed by atoms with Crippen LogP contribution in [0.25, 0.3) is 11.4 Å². The van der Waals surface area contributed by atoms with E-state index < -0.39 is 17.8 Å². The maximum atomic E-state index is 12.6. The molecule has 7 nitrogen and oxygen atoms in total. The summed E-state index contributed by atoms with van der Waals surface area (Å²) in [5.74, 6) is -2.03. The van der Waals surface area contributed by atoms with Gasteiger partial charge >= 0.3 is 5.97 Å². The summed E-state index contributed by atoms with van der Waals surface area (Å²) in [5, 5.41) is 1.01. The van der Waals surface area contributed by atoms with Crippen molar-refractivity contribution in [3.63, 3.8) is 0 Å². The van der Waals surface area contributed by atoms with Crippen molar-refractivity contribution in [3.05, 3.63) is 82.1 Å². The molecule has 0 spiro atoms. The number of hydrogen-bond donors (Lipinski definition) is 0. The van der Waals surface area contributed by atoms with Crippen molar-refractivity contribution in [2.75, 3.05) is 0 Å². The highest BCUT2D eigenvalue weighted by molar-refractivity contribution is 6.30. The van der Waals surface area contributed by atoms with Crippen molar-refractivity contribution >= 4 is 29.4 Å². The second kappa shape index (κ2) is 6.86. The van der Waals surface area contributed by atoms with Gasteiger partial charge in [-0.05, 0) is 49.4 Å². The highest BCUT2D eigenvalue weighted by Crippen LogP contribution is 2.24. The monoisotopic (exact) mass is 393 g/mol. The SMILES string of the molecule is Cc1cc(C(=O)ON2C(=O)c3ccccc3C2=O)nc(-c2ccc(Cl)cc2)n1. The number of halogens is 1. The average molecular weight is 394 g/mol. The van der Waals surface area contributed by atoms with E-state index in [1.807, 2.05) is 0 Å². The Hall–Kier alpha value is -3.58. The lowest BCUT2D eigenvalue weighted by Crippen LogP contribution is -2.33. The predicted octanol–water partition coefficient (Wildman–Crippen LogP) is 3.47. The van der Waals surface area contributed by atoms with Crippen LogP contribution in [0, 0.1) is 6.92 Å². The Morgan fingerprint density at radius 2 is 1.57 bits per heavy atom. The van der Waals surface area contributed by atoms with Crippen molar-refractivity contribution in [3.8, 4) is 11.4 Å². The van der Waals surface area contributed by atoms with Gasteiger partial charge in [0.25, 0.3) is 11.8 Å². The van der Waals surface area contributed by atoms with Crippen LogP contribution in [0.5, 0.6) is 0 Å². The molecule has 0 radical (unpaired) electrons. The molecule has 1 aromatic heterocycles. The molecular formula is C20H12ClN3O4. The molecule has 0 atom stereocenters. The molecule has 2 amide bonds. The number of amides is 2. The Labute approximate surface area is 164 Å². The van der Waals surface area contributed by atoms with E-state index >= 15 is 0 Å². The number of aryl methyl sites for hydroxylation is 1. The van der Waals surface area contributed by atoms with E-state index in [4.69, 9.17) is 16.4 Å². The molecule has 1 aliphatic rings. The number of imide groups is 1. The van der Waals surface area contributed by atoms with E-state index in [0.717, 1.165) is 0 Å². The third kappa shape index (κ3) is 3.12. The largest absolute Gasteiger partial charge is 0.382 e. The Balaban J connectivity index is 1.62. The molecule has 0 N–H and O–H groups in total. The van der Waals surface area contributed by atoms with Crippen LogP contribution in [0.2, 0.25) is 5.02 Å². The normalized spacial score (nSPS) is 12.9. The predicted molar refractivity (Wildman–Crippen MR) is 99.6 cm³/mol. The summed E-state index contributed by atoms with van der Waals surface area (Å²) in [4.78, 5) is 50.8. The van der Waals surface area contributed by atoms with Gasteiger partial charge in [0, 0.05) is 16.3 Å². The zero-order chi connectivity index (χ0) is 19.8. The molecule has 3 aromatic rings. The van der Waals surface area contributed by atoms with E-state index in [-0.39, 0.29) is 16.8 Å². The van der Waals surface area contributed by atoms with Crippen molar-refractivity contribution < 1.29 is 19.2 Å². The van der Waals surface area contributed by atoms with Gasteiger partial charge in [-0.3, -0.25) is 9.59 Å². The quantitative estimate of drug-likeness (QED) is 0.633. The molecule has 138 valence electrons. The summed E-state index contributed by atoms with van der Waals surface area (Å²) in [6.45, 7) is 1.69. The van der Waals surface area contributed by atoms with E-state index in [1.54, 1.807) is 43.3 Å². The third-order valence-corrected chi connectivity index (χ3v) is 4.35. The highest BCUT2D eigenvalue weighted by Gasteiger charge is 2.39. The maximum absolute atomic E-state index is 12.6. The smallest absolute Gasteiger partial charge is 0.323 e. The molecule has 28 heavy (non-hydrogen) atoms. The van der Waals surface area contributed by atoms with Crippen LogP contribution in [0.15, 0.2) is 54.6 Å². The van der Waals surface area contributed by atoms with Gasteiger partial charge in [0.05, 0.1) is 11.1 Å². The number of carbonyl (C=O) groups excluding carboxylic acids is 3. The molecule has 0 saturated carbocycles. The molecule has 0 fully saturated rings. The number of benzene rings is 2. The van der Waals surface area contributed by atoms with Crippen LogP contribution < -0.4 is 0 Å². The second-order valence-electron chi connectivity index (χ2n) is 6.05. The third-order valence-electron chi connectivity index (χ3n) is 4.10. The van der Waals surface area contributed by atoms with E-state index in [1.165, 1.54) is 18.2 Å². The summed E-state index contributed by atoms with van der Waals surface area (Å²) in [6.07, 6.45) is 0. The summed E-state index contributed by atoms with van der Waals surface area (Å²) in [7, 11) is 0. The summed E-state index contributed by atoms with van der Waals surface area (Å²) in [5.41, 5.74) is 1.47. The van der Waals surface area contributed by atoms with Gasteiger partial charge in [-0.25, -0.2) is 14.8 Å². The molecule has 0 saturated heterocycles. The van der Waals surface area contributed by atoms with Crippen molar-refractivity contribution in [2.45, 2.75) is 6.92 Å². The lowest BCUT2D eigenvalue weighted by atomic mass is 10.1. The fourth-order valence-corrected chi connectivity index (χ4v) is 2.91. The molecular weight excluding hydrogens is 382 g/mol. The number of fused-ring (bicyclic) bond motifs is 1. The molecule has 1 aliphatic heterocycles. The van der Waals surface area contributed by atoms with E-state index in [0.29, 0.717) is 27.2 Å². The van der Waals surface area contributed by atoms with E-state index in [9.17, 15) is 14.4 Å². The Morgan fingerprint density at radius 1 is 0.964 bits per heavy atom. The minimum absolute atomic E-state index is 0.0750. The van der Waals surface area contributed by atoms with Crippen molar-refractivity contribution in [1.82, 2.24) is 15.0 Å². The number of rotatable bonds is 3. The molecule has 0 bridgehead atoms. The molecule has 0 aliphatic carbocycles. The lowest BCUT2D eigenvalue weighted by Gasteiger charge is -2.13. The van der Waals surface area contributed by atoms with Crippen LogP contribution in [0.1, 0.15) is 36.9 Å². The van der Waals surface area contributed by atoms with Gasteiger partial charge < -0.3 is 4.84 Å². The van der Waals surface area contributed by atoms with Gasteiger partial charge in [-0.1, -0.05) is 28.8 Å². The Kier molecular flexibility index (Phi) is 4.37. The Bertz CT molecular complexity index is 1090. The molecule has 4 rings (SSSR count). The van der Waals surface area contributed by atoms with Crippen molar-refractivity contribution in [2.24, 2.45) is 0 Å². The van der Waals surface area contributed by atoms with Crippen LogP contribution in [0.4, 0.5) is 0 Å². The molecule has 0 unspecified atom stereocenters. The Morgan fingerprint density at radius 3 is 2.18 bits per heavy atom. The van der Waals surface area contributed by atoms with Gasteiger partial charge in [0.2, 0.25) is 0 Å². The minimum atomic E-state index is -0.935. The summed E-state index contributed by atoms with van der Waals surface area (Å²) in [6, 6.07) is 14.5. The van der Waals surface area contributed by atoms with Gasteiger partial charge in [-0.15, -0.1) is 0 Å². The summed E-state index contributed by atoms with van der Waals surface area (Å²) >= 11 is 5.89. The van der Waals surface area contributed by atoms with Crippen LogP contribution in [0.3, 0.4) is 0 Å². The zero-order valence-corrected chi connectivity index (χ0v) is 15.3. The number of aromatic nitrogens is 2. The minimum Gasteiger partial charge on any atom is -0.323 e. The lowest BCUT2D eigenvalue weighted by molar-refractivity contribution is -0.0588.